The second-order valence-corrected chi connectivity index (χ2v) is 5.51. The smallest absolute Gasteiger partial charge is 0.119 e. The van der Waals surface area contributed by atoms with Gasteiger partial charge >= 0.3 is 0 Å². The molecular formula is C20H27NO. The number of hydrogen-bond donors (Lipinski definition) is 1. The number of ether oxygens (including phenoxy) is 1. The van der Waals surface area contributed by atoms with Crippen LogP contribution in [0.1, 0.15) is 43.9 Å². The van der Waals surface area contributed by atoms with Gasteiger partial charge in [-0.2, -0.15) is 0 Å². The Labute approximate surface area is 134 Å². The number of rotatable bonds is 9. The zero-order valence-electron chi connectivity index (χ0n) is 13.7. The Morgan fingerprint density at radius 1 is 0.955 bits per heavy atom. The minimum absolute atomic E-state index is 0.423. The molecule has 22 heavy (non-hydrogen) atoms. The average molecular weight is 297 g/mol. The molecule has 2 heteroatoms. The molecule has 2 rings (SSSR count). The number of hydrogen-bond acceptors (Lipinski definition) is 2. The van der Waals surface area contributed by atoms with Crippen LogP contribution < -0.4 is 10.1 Å². The highest BCUT2D eigenvalue weighted by Crippen LogP contribution is 2.20. The normalized spacial score (nSPS) is 12.1. The minimum atomic E-state index is 0.423. The molecule has 0 fully saturated rings. The van der Waals surface area contributed by atoms with Gasteiger partial charge in [-0.15, -0.1) is 0 Å². The van der Waals surface area contributed by atoms with Crippen LogP contribution in [0.3, 0.4) is 0 Å². The molecule has 1 unspecified atom stereocenters. The fourth-order valence-electron chi connectivity index (χ4n) is 2.67. The van der Waals surface area contributed by atoms with Crippen LogP contribution in [0.25, 0.3) is 0 Å². The van der Waals surface area contributed by atoms with Crippen LogP contribution in [-0.4, -0.2) is 13.2 Å². The van der Waals surface area contributed by atoms with E-state index in [4.69, 9.17) is 4.74 Å². The third kappa shape index (κ3) is 5.19. The molecule has 2 aromatic rings. The van der Waals surface area contributed by atoms with Crippen molar-refractivity contribution in [3.8, 4) is 5.75 Å². The fraction of sp³-hybridized carbons (Fsp3) is 0.400. The lowest BCUT2D eigenvalue weighted by molar-refractivity contribution is 0.340. The summed E-state index contributed by atoms with van der Waals surface area (Å²) in [5, 5.41) is 3.67. The third-order valence-corrected chi connectivity index (χ3v) is 3.88. The largest absolute Gasteiger partial charge is 0.494 e. The van der Waals surface area contributed by atoms with Crippen molar-refractivity contribution < 1.29 is 4.74 Å². The fourth-order valence-corrected chi connectivity index (χ4v) is 2.67. The maximum atomic E-state index is 5.50. The van der Waals surface area contributed by atoms with E-state index in [0.717, 1.165) is 31.6 Å². The van der Waals surface area contributed by atoms with Crippen molar-refractivity contribution in [2.24, 2.45) is 0 Å². The SMILES string of the molecule is CCOc1ccc(C(CC)NCCCc2ccccc2)cc1. The molecule has 0 heterocycles. The summed E-state index contributed by atoms with van der Waals surface area (Å²) in [4.78, 5) is 0. The van der Waals surface area contributed by atoms with Gasteiger partial charge in [0.25, 0.3) is 0 Å². The van der Waals surface area contributed by atoms with Gasteiger partial charge in [-0.05, 0) is 56.0 Å². The maximum absolute atomic E-state index is 5.50. The standard InChI is InChI=1S/C20H27NO/c1-3-20(18-12-14-19(15-13-18)22-4-2)21-16-8-11-17-9-6-5-7-10-17/h5-7,9-10,12-15,20-21H,3-4,8,11,16H2,1-2H3. The van der Waals surface area contributed by atoms with E-state index in [2.05, 4.69) is 66.8 Å². The topological polar surface area (TPSA) is 21.3 Å². The third-order valence-electron chi connectivity index (χ3n) is 3.88. The van der Waals surface area contributed by atoms with Crippen molar-refractivity contribution in [3.05, 3.63) is 65.7 Å². The molecule has 1 atom stereocenters. The molecule has 0 aliphatic heterocycles. The van der Waals surface area contributed by atoms with Gasteiger partial charge in [-0.3, -0.25) is 0 Å². The highest BCUT2D eigenvalue weighted by molar-refractivity contribution is 5.29. The highest BCUT2D eigenvalue weighted by Gasteiger charge is 2.08. The molecule has 2 aromatic carbocycles. The summed E-state index contributed by atoms with van der Waals surface area (Å²) >= 11 is 0. The summed E-state index contributed by atoms with van der Waals surface area (Å²) < 4.78 is 5.50. The van der Waals surface area contributed by atoms with Crippen molar-refractivity contribution in [1.82, 2.24) is 5.32 Å². The van der Waals surface area contributed by atoms with Crippen LogP contribution in [0.2, 0.25) is 0 Å². The Balaban J connectivity index is 1.79. The summed E-state index contributed by atoms with van der Waals surface area (Å²) in [7, 11) is 0. The first-order chi connectivity index (χ1) is 10.8. The van der Waals surface area contributed by atoms with Crippen molar-refractivity contribution in [1.29, 1.82) is 0 Å². The maximum Gasteiger partial charge on any atom is 0.119 e. The van der Waals surface area contributed by atoms with Crippen molar-refractivity contribution in [3.63, 3.8) is 0 Å². The Morgan fingerprint density at radius 3 is 2.32 bits per heavy atom. The molecule has 0 aliphatic rings. The average Bonchev–Trinajstić information content (AvgIpc) is 2.57. The number of benzene rings is 2. The molecule has 1 N–H and O–H groups in total. The first-order valence-electron chi connectivity index (χ1n) is 8.33. The van der Waals surface area contributed by atoms with Gasteiger partial charge in [0.15, 0.2) is 0 Å². The summed E-state index contributed by atoms with van der Waals surface area (Å²) in [6.45, 7) is 6.00. The Bertz CT molecular complexity index is 521. The second-order valence-electron chi connectivity index (χ2n) is 5.51. The molecule has 0 saturated heterocycles. The van der Waals surface area contributed by atoms with Crippen LogP contribution >= 0.6 is 0 Å². The van der Waals surface area contributed by atoms with Gasteiger partial charge < -0.3 is 10.1 Å². The monoisotopic (exact) mass is 297 g/mol. The molecule has 0 radical (unpaired) electrons. The van der Waals surface area contributed by atoms with E-state index < -0.39 is 0 Å². The number of aryl methyl sites for hydroxylation is 1. The van der Waals surface area contributed by atoms with E-state index in [9.17, 15) is 0 Å². The van der Waals surface area contributed by atoms with Gasteiger partial charge in [-0.1, -0.05) is 49.4 Å². The predicted molar refractivity (Wildman–Crippen MR) is 93.4 cm³/mol. The Hall–Kier alpha value is -1.80. The first-order valence-corrected chi connectivity index (χ1v) is 8.33. The van der Waals surface area contributed by atoms with Gasteiger partial charge in [0.05, 0.1) is 6.61 Å². The molecular weight excluding hydrogens is 270 g/mol. The van der Waals surface area contributed by atoms with Crippen LogP contribution in [0.4, 0.5) is 0 Å². The summed E-state index contributed by atoms with van der Waals surface area (Å²) in [6, 6.07) is 19.6. The van der Waals surface area contributed by atoms with Gasteiger partial charge in [-0.25, -0.2) is 0 Å². The lowest BCUT2D eigenvalue weighted by atomic mass is 10.0. The van der Waals surface area contributed by atoms with Gasteiger partial charge in [0.1, 0.15) is 5.75 Å². The van der Waals surface area contributed by atoms with E-state index in [0.29, 0.717) is 12.6 Å². The van der Waals surface area contributed by atoms with Crippen LogP contribution in [0, 0.1) is 0 Å². The molecule has 0 bridgehead atoms. The van der Waals surface area contributed by atoms with E-state index in [1.807, 2.05) is 6.92 Å². The molecule has 0 aliphatic carbocycles. The van der Waals surface area contributed by atoms with Crippen LogP contribution in [0.5, 0.6) is 5.75 Å². The Morgan fingerprint density at radius 2 is 1.68 bits per heavy atom. The van der Waals surface area contributed by atoms with Crippen LogP contribution in [0.15, 0.2) is 54.6 Å². The molecule has 0 saturated carbocycles. The summed E-state index contributed by atoms with van der Waals surface area (Å²) in [5.41, 5.74) is 2.75. The van der Waals surface area contributed by atoms with Gasteiger partial charge in [0, 0.05) is 6.04 Å². The van der Waals surface area contributed by atoms with Crippen molar-refractivity contribution in [2.45, 2.75) is 39.2 Å². The quantitative estimate of drug-likeness (QED) is 0.674. The zero-order valence-corrected chi connectivity index (χ0v) is 13.7. The van der Waals surface area contributed by atoms with E-state index >= 15 is 0 Å². The summed E-state index contributed by atoms with van der Waals surface area (Å²) in [5.74, 6) is 0.949. The molecule has 0 amide bonds. The zero-order chi connectivity index (χ0) is 15.6. The van der Waals surface area contributed by atoms with Crippen LogP contribution in [-0.2, 0) is 6.42 Å². The van der Waals surface area contributed by atoms with Crippen molar-refractivity contribution in [2.75, 3.05) is 13.2 Å². The minimum Gasteiger partial charge on any atom is -0.494 e. The molecule has 2 nitrogen and oxygen atoms in total. The second kappa shape index (κ2) is 9.26. The molecule has 0 spiro atoms. The van der Waals surface area contributed by atoms with E-state index in [-0.39, 0.29) is 0 Å². The molecule has 118 valence electrons. The van der Waals surface area contributed by atoms with Crippen molar-refractivity contribution >= 4 is 0 Å². The first kappa shape index (κ1) is 16.6. The lowest BCUT2D eigenvalue weighted by Gasteiger charge is -2.18. The predicted octanol–water partition coefficient (Wildman–Crippen LogP) is 4.76. The molecule has 0 aromatic heterocycles. The van der Waals surface area contributed by atoms with Gasteiger partial charge in [0.2, 0.25) is 0 Å². The van der Waals surface area contributed by atoms with E-state index in [1.165, 1.54) is 11.1 Å². The summed E-state index contributed by atoms with van der Waals surface area (Å²) in [6.07, 6.45) is 3.39. The number of nitrogens with one attached hydrogen (secondary N) is 1. The lowest BCUT2D eigenvalue weighted by Crippen LogP contribution is -2.22. The Kier molecular flexibility index (Phi) is 6.98. The van der Waals surface area contributed by atoms with E-state index in [1.54, 1.807) is 0 Å². The highest BCUT2D eigenvalue weighted by atomic mass is 16.5.